The number of ether oxygens (including phenoxy) is 2. The van der Waals surface area contributed by atoms with E-state index >= 15 is 0 Å². The van der Waals surface area contributed by atoms with Crippen molar-refractivity contribution in [3.05, 3.63) is 22.4 Å². The van der Waals surface area contributed by atoms with Crippen LogP contribution in [0.2, 0.25) is 0 Å². The third-order valence-corrected chi connectivity index (χ3v) is 2.33. The summed E-state index contributed by atoms with van der Waals surface area (Å²) in [5.41, 5.74) is -0.344. The maximum Gasteiger partial charge on any atom is 0.358 e. The molecule has 0 saturated heterocycles. The van der Waals surface area contributed by atoms with Crippen LogP contribution in [0.1, 0.15) is 31.3 Å². The molecule has 100 valence electrons. The number of carbonyl (C=O) groups is 1. The predicted molar refractivity (Wildman–Crippen MR) is 70.1 cm³/mol. The van der Waals surface area contributed by atoms with Crippen LogP contribution in [-0.2, 0) is 4.74 Å². The number of hydrogen-bond acceptors (Lipinski definition) is 4. The molecule has 0 aliphatic rings. The van der Waals surface area contributed by atoms with E-state index in [1.54, 1.807) is 6.07 Å². The highest BCUT2D eigenvalue weighted by Crippen LogP contribution is 2.21. The summed E-state index contributed by atoms with van der Waals surface area (Å²) in [6, 6.07) is 1.58. The molecule has 0 radical (unpaired) electrons. The van der Waals surface area contributed by atoms with Crippen molar-refractivity contribution in [3.63, 3.8) is 0 Å². The number of halogens is 1. The number of aromatic carboxylic acids is 1. The average Bonchev–Trinajstić information content (AvgIpc) is 2.22. The molecule has 1 aromatic heterocycles. The maximum absolute atomic E-state index is 10.9. The van der Waals surface area contributed by atoms with Gasteiger partial charge >= 0.3 is 5.97 Å². The zero-order valence-corrected chi connectivity index (χ0v) is 12.2. The van der Waals surface area contributed by atoms with Gasteiger partial charge in [-0.3, -0.25) is 0 Å². The first-order valence-electron chi connectivity index (χ1n) is 5.45. The summed E-state index contributed by atoms with van der Waals surface area (Å²) in [6.45, 7) is 6.48. The van der Waals surface area contributed by atoms with Gasteiger partial charge < -0.3 is 14.6 Å². The minimum atomic E-state index is -1.12. The average molecular weight is 318 g/mol. The van der Waals surface area contributed by atoms with Crippen LogP contribution >= 0.6 is 15.9 Å². The number of hydrogen-bond donors (Lipinski definition) is 1. The lowest BCUT2D eigenvalue weighted by atomic mass is 10.2. The highest BCUT2D eigenvalue weighted by atomic mass is 79.9. The topological polar surface area (TPSA) is 68.7 Å². The quantitative estimate of drug-likeness (QED) is 0.846. The fraction of sp³-hybridized carbons (Fsp3) is 0.500. The molecule has 0 spiro atoms. The molecule has 1 N–H and O–H groups in total. The van der Waals surface area contributed by atoms with E-state index in [9.17, 15) is 4.79 Å². The van der Waals surface area contributed by atoms with Gasteiger partial charge in [0.2, 0.25) is 0 Å². The molecule has 18 heavy (non-hydrogen) atoms. The Balaban J connectivity index is 2.61. The number of pyridine rings is 1. The molecule has 5 nitrogen and oxygen atoms in total. The van der Waals surface area contributed by atoms with Crippen molar-refractivity contribution < 1.29 is 19.4 Å². The lowest BCUT2D eigenvalue weighted by molar-refractivity contribution is -0.0165. The Hall–Kier alpha value is -1.14. The number of rotatable bonds is 5. The van der Waals surface area contributed by atoms with E-state index in [0.29, 0.717) is 11.1 Å². The van der Waals surface area contributed by atoms with Crippen molar-refractivity contribution in [1.29, 1.82) is 0 Å². The molecule has 1 rings (SSSR count). The molecule has 0 unspecified atom stereocenters. The Morgan fingerprint density at radius 3 is 2.67 bits per heavy atom. The monoisotopic (exact) mass is 317 g/mol. The van der Waals surface area contributed by atoms with Crippen molar-refractivity contribution in [2.75, 3.05) is 13.2 Å². The highest BCUT2D eigenvalue weighted by Gasteiger charge is 2.14. The van der Waals surface area contributed by atoms with Crippen molar-refractivity contribution in [2.24, 2.45) is 0 Å². The summed E-state index contributed by atoms with van der Waals surface area (Å²) in [5, 5.41) is 8.95. The van der Waals surface area contributed by atoms with Crippen molar-refractivity contribution in [1.82, 2.24) is 4.98 Å². The molecule has 1 heterocycles. The maximum atomic E-state index is 10.9. The van der Waals surface area contributed by atoms with E-state index in [0.717, 1.165) is 0 Å². The Labute approximate surface area is 114 Å². The van der Waals surface area contributed by atoms with E-state index in [-0.39, 0.29) is 23.7 Å². The predicted octanol–water partition coefficient (Wildman–Crippen LogP) is 2.74. The van der Waals surface area contributed by atoms with Gasteiger partial charge in [0.1, 0.15) is 6.61 Å². The molecule has 0 atom stereocenters. The second kappa shape index (κ2) is 6.15. The first kappa shape index (κ1) is 14.9. The number of nitrogens with zero attached hydrogens (tertiary/aromatic N) is 1. The SMILES string of the molecule is CC(C)(C)OCCOc1cc(Br)cnc1C(=O)O. The second-order valence-corrected chi connectivity index (χ2v) is 5.53. The van der Waals surface area contributed by atoms with E-state index < -0.39 is 5.97 Å². The van der Waals surface area contributed by atoms with E-state index in [1.807, 2.05) is 20.8 Å². The van der Waals surface area contributed by atoms with Gasteiger partial charge in [-0.05, 0) is 42.8 Å². The zero-order valence-electron chi connectivity index (χ0n) is 10.6. The van der Waals surface area contributed by atoms with Gasteiger partial charge in [-0.15, -0.1) is 0 Å². The highest BCUT2D eigenvalue weighted by molar-refractivity contribution is 9.10. The standard InChI is InChI=1S/C12H16BrNO4/c1-12(2,3)18-5-4-17-9-6-8(13)7-14-10(9)11(15)16/h6-7H,4-5H2,1-3H3,(H,15,16). The first-order chi connectivity index (χ1) is 8.29. The lowest BCUT2D eigenvalue weighted by Gasteiger charge is -2.19. The molecule has 0 amide bonds. The smallest absolute Gasteiger partial charge is 0.358 e. The molecular formula is C12H16BrNO4. The summed E-state index contributed by atoms with van der Waals surface area (Å²) in [4.78, 5) is 14.7. The van der Waals surface area contributed by atoms with Crippen LogP contribution in [0.3, 0.4) is 0 Å². The van der Waals surface area contributed by atoms with Gasteiger partial charge in [-0.25, -0.2) is 9.78 Å². The summed E-state index contributed by atoms with van der Waals surface area (Å²) in [5.74, 6) is -0.886. The lowest BCUT2D eigenvalue weighted by Crippen LogP contribution is -2.22. The molecule has 0 aromatic carbocycles. The van der Waals surface area contributed by atoms with Gasteiger partial charge in [-0.1, -0.05) is 0 Å². The molecule has 0 aliphatic heterocycles. The van der Waals surface area contributed by atoms with Gasteiger partial charge in [0, 0.05) is 10.7 Å². The van der Waals surface area contributed by atoms with Gasteiger partial charge in [-0.2, -0.15) is 0 Å². The number of aromatic nitrogens is 1. The van der Waals surface area contributed by atoms with Crippen LogP contribution in [0.4, 0.5) is 0 Å². The molecule has 0 aliphatic carbocycles. The van der Waals surface area contributed by atoms with Crippen molar-refractivity contribution in [2.45, 2.75) is 26.4 Å². The van der Waals surface area contributed by atoms with Gasteiger partial charge in [0.15, 0.2) is 11.4 Å². The van der Waals surface area contributed by atoms with E-state index in [1.165, 1.54) is 6.20 Å². The van der Waals surface area contributed by atoms with Crippen LogP contribution in [0, 0.1) is 0 Å². The van der Waals surface area contributed by atoms with Crippen molar-refractivity contribution >= 4 is 21.9 Å². The molecule has 0 saturated carbocycles. The van der Waals surface area contributed by atoms with Gasteiger partial charge in [0.05, 0.1) is 12.2 Å². The van der Waals surface area contributed by atoms with Gasteiger partial charge in [0.25, 0.3) is 0 Å². The van der Waals surface area contributed by atoms with E-state index in [2.05, 4.69) is 20.9 Å². The summed E-state index contributed by atoms with van der Waals surface area (Å²) in [6.07, 6.45) is 1.42. The number of carboxylic acid groups (broad SMARTS) is 1. The molecule has 6 heteroatoms. The third-order valence-electron chi connectivity index (χ3n) is 1.90. The van der Waals surface area contributed by atoms with Crippen LogP contribution < -0.4 is 4.74 Å². The second-order valence-electron chi connectivity index (χ2n) is 4.61. The fourth-order valence-electron chi connectivity index (χ4n) is 1.19. The fourth-order valence-corrected chi connectivity index (χ4v) is 1.50. The summed E-state index contributed by atoms with van der Waals surface area (Å²) >= 11 is 3.22. The minimum absolute atomic E-state index is 0.103. The van der Waals surface area contributed by atoms with Crippen LogP contribution in [0.25, 0.3) is 0 Å². The first-order valence-corrected chi connectivity index (χ1v) is 6.24. The number of carboxylic acids is 1. The summed E-state index contributed by atoms with van der Waals surface area (Å²) < 4.78 is 11.5. The molecular weight excluding hydrogens is 302 g/mol. The largest absolute Gasteiger partial charge is 0.489 e. The van der Waals surface area contributed by atoms with Crippen LogP contribution in [0.15, 0.2) is 16.7 Å². The Morgan fingerprint density at radius 2 is 2.11 bits per heavy atom. The van der Waals surface area contributed by atoms with Crippen LogP contribution in [0.5, 0.6) is 5.75 Å². The zero-order chi connectivity index (χ0) is 13.8. The third kappa shape index (κ3) is 5.01. The van der Waals surface area contributed by atoms with E-state index in [4.69, 9.17) is 14.6 Å². The molecule has 0 fully saturated rings. The normalized spacial score (nSPS) is 11.3. The molecule has 1 aromatic rings. The Morgan fingerprint density at radius 1 is 1.44 bits per heavy atom. The summed E-state index contributed by atoms with van der Waals surface area (Å²) in [7, 11) is 0. The Bertz CT molecular complexity index is 429. The molecule has 0 bridgehead atoms. The Kier molecular flexibility index (Phi) is 5.10. The van der Waals surface area contributed by atoms with Crippen LogP contribution in [-0.4, -0.2) is 34.9 Å². The van der Waals surface area contributed by atoms with Crippen molar-refractivity contribution in [3.8, 4) is 5.75 Å². The minimum Gasteiger partial charge on any atom is -0.489 e.